The van der Waals surface area contributed by atoms with Crippen LogP contribution < -0.4 is 10.6 Å². The Bertz CT molecular complexity index is 810. The molecule has 4 nitrogen and oxygen atoms in total. The Morgan fingerprint density at radius 1 is 1.12 bits per heavy atom. The Hall–Kier alpha value is -2.14. The Kier molecular flexibility index (Phi) is 4.57. The number of hydrogen-bond donors (Lipinski definition) is 2. The van der Waals surface area contributed by atoms with Gasteiger partial charge in [-0.1, -0.05) is 58.4 Å². The largest absolute Gasteiger partial charge is 0.353 e. The Morgan fingerprint density at radius 2 is 1.85 bits per heavy atom. The van der Waals surface area contributed by atoms with Crippen LogP contribution in [0, 0.1) is 5.92 Å². The van der Waals surface area contributed by atoms with Gasteiger partial charge in [-0.05, 0) is 42.0 Å². The highest BCUT2D eigenvalue weighted by Gasteiger charge is 2.47. The minimum absolute atomic E-state index is 0.00870. The summed E-state index contributed by atoms with van der Waals surface area (Å²) in [6.45, 7) is 0.442. The Labute approximate surface area is 161 Å². The molecule has 2 amide bonds. The average molecular weight is 413 g/mol. The SMILES string of the molecule is O=C1CCC(NC(=O)[C@@H]2C[C@H]2c2ccc(Br)cc2)(c2ccccc2)CN1. The molecule has 1 heterocycles. The van der Waals surface area contributed by atoms with E-state index in [2.05, 4.69) is 38.7 Å². The normalized spacial score (nSPS) is 27.5. The molecular formula is C21H21BrN2O2. The predicted octanol–water partition coefficient (Wildman–Crippen LogP) is 3.47. The summed E-state index contributed by atoms with van der Waals surface area (Å²) in [5, 5.41) is 6.21. The number of halogens is 1. The smallest absolute Gasteiger partial charge is 0.224 e. The standard InChI is InChI=1S/C21H21BrN2O2/c22-16-8-6-14(7-9-16)17-12-18(17)20(26)24-21(11-10-19(25)23-13-21)15-4-2-1-3-5-15/h1-9,17-18H,10-13H2,(H,23,25)(H,24,26)/t17-,18+,21?/m0/s1. The zero-order valence-corrected chi connectivity index (χ0v) is 16.0. The van der Waals surface area contributed by atoms with Gasteiger partial charge in [0.1, 0.15) is 0 Å². The van der Waals surface area contributed by atoms with Crippen LogP contribution in [-0.2, 0) is 15.1 Å². The molecule has 26 heavy (non-hydrogen) atoms. The second-order valence-electron chi connectivity index (χ2n) is 7.21. The lowest BCUT2D eigenvalue weighted by molar-refractivity contribution is -0.128. The van der Waals surface area contributed by atoms with Crippen molar-refractivity contribution in [2.45, 2.75) is 30.7 Å². The number of benzene rings is 2. The van der Waals surface area contributed by atoms with Gasteiger partial charge in [0.2, 0.25) is 11.8 Å². The van der Waals surface area contributed by atoms with Gasteiger partial charge in [0.15, 0.2) is 0 Å². The number of rotatable bonds is 4. The van der Waals surface area contributed by atoms with Crippen LogP contribution >= 0.6 is 15.9 Å². The maximum atomic E-state index is 13.0. The van der Waals surface area contributed by atoms with Crippen molar-refractivity contribution in [2.24, 2.45) is 5.92 Å². The van der Waals surface area contributed by atoms with Gasteiger partial charge in [-0.3, -0.25) is 9.59 Å². The maximum absolute atomic E-state index is 13.0. The van der Waals surface area contributed by atoms with Gasteiger partial charge >= 0.3 is 0 Å². The Morgan fingerprint density at radius 3 is 2.50 bits per heavy atom. The molecular weight excluding hydrogens is 392 g/mol. The van der Waals surface area contributed by atoms with E-state index in [1.807, 2.05) is 42.5 Å². The van der Waals surface area contributed by atoms with Gasteiger partial charge in [0, 0.05) is 23.4 Å². The summed E-state index contributed by atoms with van der Waals surface area (Å²) in [4.78, 5) is 24.6. The molecule has 1 saturated carbocycles. The quantitative estimate of drug-likeness (QED) is 0.807. The van der Waals surface area contributed by atoms with E-state index in [0.717, 1.165) is 16.5 Å². The summed E-state index contributed by atoms with van der Waals surface area (Å²) >= 11 is 3.45. The second kappa shape index (κ2) is 6.88. The van der Waals surface area contributed by atoms with Crippen LogP contribution in [0.2, 0.25) is 0 Å². The first-order valence-electron chi connectivity index (χ1n) is 8.97. The zero-order chi connectivity index (χ0) is 18.1. The number of carbonyl (C=O) groups excluding carboxylic acids is 2. The lowest BCUT2D eigenvalue weighted by Gasteiger charge is -2.38. The molecule has 3 atom stereocenters. The number of carbonyl (C=O) groups is 2. The van der Waals surface area contributed by atoms with E-state index in [4.69, 9.17) is 0 Å². The maximum Gasteiger partial charge on any atom is 0.224 e. The third-order valence-corrected chi connectivity index (χ3v) is 6.01. The van der Waals surface area contributed by atoms with E-state index >= 15 is 0 Å². The number of piperidine rings is 1. The fourth-order valence-corrected chi connectivity index (χ4v) is 4.09. The van der Waals surface area contributed by atoms with Crippen LogP contribution in [0.15, 0.2) is 59.1 Å². The predicted molar refractivity (Wildman–Crippen MR) is 103 cm³/mol. The molecule has 1 aliphatic heterocycles. The zero-order valence-electron chi connectivity index (χ0n) is 14.4. The molecule has 4 rings (SSSR count). The monoisotopic (exact) mass is 412 g/mol. The summed E-state index contributed by atoms with van der Waals surface area (Å²) in [6.07, 6.45) is 1.94. The third kappa shape index (κ3) is 3.40. The van der Waals surface area contributed by atoms with E-state index in [-0.39, 0.29) is 23.7 Å². The molecule has 2 aromatic rings. The summed E-state index contributed by atoms with van der Waals surface area (Å²) in [5.41, 5.74) is 1.74. The first-order valence-corrected chi connectivity index (χ1v) is 9.76. The highest BCUT2D eigenvalue weighted by Crippen LogP contribution is 2.48. The van der Waals surface area contributed by atoms with E-state index in [1.165, 1.54) is 5.56 Å². The molecule has 134 valence electrons. The van der Waals surface area contributed by atoms with Crippen LogP contribution in [0.1, 0.15) is 36.3 Å². The molecule has 0 bridgehead atoms. The first-order chi connectivity index (χ1) is 12.6. The molecule has 1 saturated heterocycles. The third-order valence-electron chi connectivity index (χ3n) is 5.48. The second-order valence-corrected chi connectivity index (χ2v) is 8.13. The number of hydrogen-bond acceptors (Lipinski definition) is 2. The fraction of sp³-hybridized carbons (Fsp3) is 0.333. The topological polar surface area (TPSA) is 58.2 Å². The molecule has 0 radical (unpaired) electrons. The average Bonchev–Trinajstić information content (AvgIpc) is 3.46. The van der Waals surface area contributed by atoms with Crippen molar-refractivity contribution in [3.63, 3.8) is 0 Å². The van der Waals surface area contributed by atoms with Gasteiger partial charge in [0.25, 0.3) is 0 Å². The van der Waals surface area contributed by atoms with Gasteiger partial charge in [-0.15, -0.1) is 0 Å². The van der Waals surface area contributed by atoms with Gasteiger partial charge < -0.3 is 10.6 Å². The minimum Gasteiger partial charge on any atom is -0.353 e. The molecule has 0 spiro atoms. The molecule has 1 aliphatic carbocycles. The summed E-state index contributed by atoms with van der Waals surface area (Å²) in [6, 6.07) is 18.2. The van der Waals surface area contributed by atoms with Crippen molar-refractivity contribution in [3.05, 3.63) is 70.2 Å². The van der Waals surface area contributed by atoms with Crippen LogP contribution in [-0.4, -0.2) is 18.4 Å². The number of amides is 2. The van der Waals surface area contributed by atoms with Gasteiger partial charge in [-0.25, -0.2) is 0 Å². The van der Waals surface area contributed by atoms with Crippen LogP contribution in [0.5, 0.6) is 0 Å². The van der Waals surface area contributed by atoms with Crippen LogP contribution in [0.3, 0.4) is 0 Å². The van der Waals surface area contributed by atoms with Crippen molar-refractivity contribution in [2.75, 3.05) is 6.54 Å². The minimum atomic E-state index is -0.515. The molecule has 2 N–H and O–H groups in total. The van der Waals surface area contributed by atoms with E-state index in [1.54, 1.807) is 0 Å². The van der Waals surface area contributed by atoms with E-state index in [9.17, 15) is 9.59 Å². The van der Waals surface area contributed by atoms with Crippen molar-refractivity contribution in [1.82, 2.24) is 10.6 Å². The van der Waals surface area contributed by atoms with Crippen molar-refractivity contribution < 1.29 is 9.59 Å². The lowest BCUT2D eigenvalue weighted by atomic mass is 9.82. The van der Waals surface area contributed by atoms with Gasteiger partial charge in [-0.2, -0.15) is 0 Å². The highest BCUT2D eigenvalue weighted by atomic mass is 79.9. The molecule has 2 aliphatic rings. The highest BCUT2D eigenvalue weighted by molar-refractivity contribution is 9.10. The molecule has 5 heteroatoms. The van der Waals surface area contributed by atoms with E-state index < -0.39 is 5.54 Å². The van der Waals surface area contributed by atoms with Gasteiger partial charge in [0.05, 0.1) is 5.54 Å². The first kappa shape index (κ1) is 17.3. The van der Waals surface area contributed by atoms with Crippen LogP contribution in [0.4, 0.5) is 0 Å². The summed E-state index contributed by atoms with van der Waals surface area (Å²) < 4.78 is 1.05. The Balaban J connectivity index is 1.51. The molecule has 2 fully saturated rings. The summed E-state index contributed by atoms with van der Waals surface area (Å²) in [5.74, 6) is 0.423. The molecule has 1 unspecified atom stereocenters. The molecule has 0 aromatic heterocycles. The van der Waals surface area contributed by atoms with Crippen LogP contribution in [0.25, 0.3) is 0 Å². The summed E-state index contributed by atoms with van der Waals surface area (Å²) in [7, 11) is 0. The molecule has 2 aromatic carbocycles. The van der Waals surface area contributed by atoms with Crippen molar-refractivity contribution >= 4 is 27.7 Å². The van der Waals surface area contributed by atoms with E-state index in [0.29, 0.717) is 19.4 Å². The lowest BCUT2D eigenvalue weighted by Crippen LogP contribution is -2.57. The number of nitrogens with one attached hydrogen (secondary N) is 2. The van der Waals surface area contributed by atoms with Crippen molar-refractivity contribution in [3.8, 4) is 0 Å². The van der Waals surface area contributed by atoms with Crippen molar-refractivity contribution in [1.29, 1.82) is 0 Å². The fourth-order valence-electron chi connectivity index (χ4n) is 3.83.